The Hall–Kier alpha value is -3.60. The quantitative estimate of drug-likeness (QED) is 0.325. The van der Waals surface area contributed by atoms with Gasteiger partial charge in [0.1, 0.15) is 11.8 Å². The average molecular weight is 487 g/mol. The van der Waals surface area contributed by atoms with Gasteiger partial charge in [-0.2, -0.15) is 0 Å². The number of ether oxygens (including phenoxy) is 1. The summed E-state index contributed by atoms with van der Waals surface area (Å²) in [6.07, 6.45) is 3.26. The van der Waals surface area contributed by atoms with Gasteiger partial charge in [0.2, 0.25) is 5.91 Å². The number of aryl methyl sites for hydroxylation is 2. The molecular formula is C31H38N2O3. The molecule has 0 fully saturated rings. The lowest BCUT2D eigenvalue weighted by Crippen LogP contribution is -2.51. The SMILES string of the molecule is CCCCNC(=O)[C@@H](Cc1ccccc1)N(Cc1ccc(C)cc1)C(=O)COc1ccc(CC)cc1. The summed E-state index contributed by atoms with van der Waals surface area (Å²) in [7, 11) is 0. The fraction of sp³-hybridized carbons (Fsp3) is 0.355. The van der Waals surface area contributed by atoms with Gasteiger partial charge in [-0.1, -0.05) is 92.6 Å². The van der Waals surface area contributed by atoms with Crippen LogP contribution < -0.4 is 10.1 Å². The Labute approximate surface area is 215 Å². The van der Waals surface area contributed by atoms with E-state index in [9.17, 15) is 9.59 Å². The van der Waals surface area contributed by atoms with Crippen LogP contribution in [-0.4, -0.2) is 35.9 Å². The number of hydrogen-bond donors (Lipinski definition) is 1. The van der Waals surface area contributed by atoms with Crippen molar-refractivity contribution in [2.45, 2.75) is 59.0 Å². The number of rotatable bonds is 13. The standard InChI is InChI=1S/C31H38N2O3/c1-4-6-20-32-31(35)29(21-26-10-8-7-9-11-26)33(22-27-14-12-24(3)13-15-27)30(34)23-36-28-18-16-25(5-2)17-19-28/h7-19,29H,4-6,20-23H2,1-3H3,(H,32,35)/t29-/m1/s1. The second-order valence-corrected chi connectivity index (χ2v) is 9.14. The highest BCUT2D eigenvalue weighted by Crippen LogP contribution is 2.17. The van der Waals surface area contributed by atoms with Crippen molar-refractivity contribution in [2.75, 3.05) is 13.2 Å². The molecule has 36 heavy (non-hydrogen) atoms. The highest BCUT2D eigenvalue weighted by atomic mass is 16.5. The van der Waals surface area contributed by atoms with Gasteiger partial charge in [0.05, 0.1) is 0 Å². The number of hydrogen-bond acceptors (Lipinski definition) is 3. The van der Waals surface area contributed by atoms with E-state index in [-0.39, 0.29) is 18.4 Å². The van der Waals surface area contributed by atoms with Gasteiger partial charge in [0.15, 0.2) is 6.61 Å². The summed E-state index contributed by atoms with van der Waals surface area (Å²) in [6.45, 7) is 7.00. The zero-order valence-electron chi connectivity index (χ0n) is 21.7. The lowest BCUT2D eigenvalue weighted by atomic mass is 10.0. The Morgan fingerprint density at radius 3 is 2.17 bits per heavy atom. The predicted octanol–water partition coefficient (Wildman–Crippen LogP) is 5.49. The van der Waals surface area contributed by atoms with E-state index in [1.54, 1.807) is 4.90 Å². The fourth-order valence-electron chi connectivity index (χ4n) is 4.00. The number of carbonyl (C=O) groups is 2. The van der Waals surface area contributed by atoms with Gasteiger partial charge in [-0.3, -0.25) is 9.59 Å². The second-order valence-electron chi connectivity index (χ2n) is 9.14. The molecule has 5 nitrogen and oxygen atoms in total. The van der Waals surface area contributed by atoms with E-state index >= 15 is 0 Å². The molecule has 3 aromatic carbocycles. The van der Waals surface area contributed by atoms with Crippen LogP contribution in [-0.2, 0) is 29.0 Å². The van der Waals surface area contributed by atoms with Crippen molar-refractivity contribution in [2.24, 2.45) is 0 Å². The van der Waals surface area contributed by atoms with Gasteiger partial charge in [-0.05, 0) is 48.6 Å². The first kappa shape index (κ1) is 27.0. The molecule has 0 spiro atoms. The average Bonchev–Trinajstić information content (AvgIpc) is 2.91. The summed E-state index contributed by atoms with van der Waals surface area (Å²) in [4.78, 5) is 28.7. The van der Waals surface area contributed by atoms with Crippen molar-refractivity contribution in [3.63, 3.8) is 0 Å². The van der Waals surface area contributed by atoms with E-state index in [4.69, 9.17) is 4.74 Å². The van der Waals surface area contributed by atoms with Crippen molar-refractivity contribution < 1.29 is 14.3 Å². The maximum atomic E-state index is 13.6. The Morgan fingerprint density at radius 1 is 0.861 bits per heavy atom. The molecule has 1 N–H and O–H groups in total. The number of carbonyl (C=O) groups excluding carboxylic acids is 2. The molecule has 0 saturated carbocycles. The Morgan fingerprint density at radius 2 is 1.53 bits per heavy atom. The molecule has 0 unspecified atom stereocenters. The second kappa shape index (κ2) is 14.1. The maximum Gasteiger partial charge on any atom is 0.261 e. The van der Waals surface area contributed by atoms with Crippen LogP contribution in [0.25, 0.3) is 0 Å². The first-order chi connectivity index (χ1) is 17.5. The summed E-state index contributed by atoms with van der Waals surface area (Å²) < 4.78 is 5.86. The van der Waals surface area contributed by atoms with Crippen LogP contribution in [0, 0.1) is 6.92 Å². The summed E-state index contributed by atoms with van der Waals surface area (Å²) >= 11 is 0. The third-order valence-electron chi connectivity index (χ3n) is 6.27. The van der Waals surface area contributed by atoms with Crippen molar-refractivity contribution in [1.29, 1.82) is 0 Å². The van der Waals surface area contributed by atoms with Gasteiger partial charge >= 0.3 is 0 Å². The van der Waals surface area contributed by atoms with Crippen LogP contribution in [0.1, 0.15) is 48.9 Å². The van der Waals surface area contributed by atoms with Gasteiger partial charge in [-0.25, -0.2) is 0 Å². The largest absolute Gasteiger partial charge is 0.484 e. The van der Waals surface area contributed by atoms with Crippen molar-refractivity contribution >= 4 is 11.8 Å². The molecule has 2 amide bonds. The highest BCUT2D eigenvalue weighted by molar-refractivity contribution is 5.88. The van der Waals surface area contributed by atoms with E-state index in [0.29, 0.717) is 25.3 Å². The van der Waals surface area contributed by atoms with Crippen LogP contribution in [0.3, 0.4) is 0 Å². The monoisotopic (exact) mass is 486 g/mol. The first-order valence-corrected chi connectivity index (χ1v) is 12.9. The number of benzene rings is 3. The molecule has 3 rings (SSSR count). The maximum absolute atomic E-state index is 13.6. The minimum Gasteiger partial charge on any atom is -0.484 e. The molecule has 1 atom stereocenters. The minimum absolute atomic E-state index is 0.134. The number of amides is 2. The van der Waals surface area contributed by atoms with E-state index < -0.39 is 6.04 Å². The molecule has 0 aliphatic rings. The van der Waals surface area contributed by atoms with Crippen molar-refractivity contribution in [3.8, 4) is 5.75 Å². The molecule has 0 saturated heterocycles. The minimum atomic E-state index is -0.649. The Kier molecular flexibility index (Phi) is 10.6. The van der Waals surface area contributed by atoms with Gasteiger partial charge < -0.3 is 15.0 Å². The molecule has 5 heteroatoms. The predicted molar refractivity (Wildman–Crippen MR) is 145 cm³/mol. The Balaban J connectivity index is 1.85. The lowest BCUT2D eigenvalue weighted by Gasteiger charge is -2.31. The molecule has 190 valence electrons. The van der Waals surface area contributed by atoms with Crippen LogP contribution in [0.4, 0.5) is 0 Å². The van der Waals surface area contributed by atoms with Crippen LogP contribution in [0.15, 0.2) is 78.9 Å². The smallest absolute Gasteiger partial charge is 0.261 e. The third kappa shape index (κ3) is 8.26. The zero-order valence-corrected chi connectivity index (χ0v) is 21.7. The number of nitrogens with zero attached hydrogens (tertiary/aromatic N) is 1. The molecule has 0 aromatic heterocycles. The fourth-order valence-corrected chi connectivity index (χ4v) is 4.00. The lowest BCUT2D eigenvalue weighted by molar-refractivity contribution is -0.142. The summed E-state index contributed by atoms with van der Waals surface area (Å²) in [5.41, 5.74) is 4.33. The molecule has 0 aliphatic heterocycles. The summed E-state index contributed by atoms with van der Waals surface area (Å²) in [6, 6.07) is 25.0. The zero-order chi connectivity index (χ0) is 25.8. The highest BCUT2D eigenvalue weighted by Gasteiger charge is 2.30. The number of nitrogens with one attached hydrogen (secondary N) is 1. The van der Waals surface area contributed by atoms with E-state index in [1.165, 1.54) is 5.56 Å². The molecule has 0 radical (unpaired) electrons. The van der Waals surface area contributed by atoms with E-state index in [2.05, 4.69) is 19.2 Å². The van der Waals surface area contributed by atoms with E-state index in [1.807, 2.05) is 85.8 Å². The van der Waals surface area contributed by atoms with Crippen LogP contribution in [0.2, 0.25) is 0 Å². The Bertz CT molecular complexity index is 1080. The molecule has 0 bridgehead atoms. The van der Waals surface area contributed by atoms with Crippen LogP contribution >= 0.6 is 0 Å². The normalized spacial score (nSPS) is 11.5. The molecule has 3 aromatic rings. The van der Waals surface area contributed by atoms with Crippen LogP contribution in [0.5, 0.6) is 5.75 Å². The van der Waals surface area contributed by atoms with Gasteiger partial charge in [0, 0.05) is 19.5 Å². The van der Waals surface area contributed by atoms with Gasteiger partial charge in [-0.15, -0.1) is 0 Å². The number of unbranched alkanes of at least 4 members (excludes halogenated alkanes) is 1. The van der Waals surface area contributed by atoms with Gasteiger partial charge in [0.25, 0.3) is 5.91 Å². The van der Waals surface area contributed by atoms with E-state index in [0.717, 1.165) is 36.0 Å². The van der Waals surface area contributed by atoms with Crippen molar-refractivity contribution in [3.05, 3.63) is 101 Å². The molecule has 0 heterocycles. The third-order valence-corrected chi connectivity index (χ3v) is 6.27. The van der Waals surface area contributed by atoms with Crippen molar-refractivity contribution in [1.82, 2.24) is 10.2 Å². The summed E-state index contributed by atoms with van der Waals surface area (Å²) in [5, 5.41) is 3.05. The first-order valence-electron chi connectivity index (χ1n) is 12.9. The molecule has 0 aliphatic carbocycles. The summed E-state index contributed by atoms with van der Waals surface area (Å²) in [5.74, 6) is 0.282. The molecular weight excluding hydrogens is 448 g/mol. The topological polar surface area (TPSA) is 58.6 Å².